The Morgan fingerprint density at radius 2 is 1.90 bits per heavy atom. The Bertz CT molecular complexity index is 1550. The summed E-state index contributed by atoms with van der Waals surface area (Å²) in [4.78, 5) is 30.5. The number of anilines is 2. The summed E-state index contributed by atoms with van der Waals surface area (Å²) < 4.78 is 12.8. The van der Waals surface area contributed by atoms with Gasteiger partial charge >= 0.3 is 239 Å². The van der Waals surface area contributed by atoms with Gasteiger partial charge in [-0.2, -0.15) is 0 Å². The summed E-state index contributed by atoms with van der Waals surface area (Å²) in [5, 5.41) is 6.21. The molecule has 39 heavy (non-hydrogen) atoms. The zero-order chi connectivity index (χ0) is 26.9. The van der Waals surface area contributed by atoms with Gasteiger partial charge in [0.2, 0.25) is 0 Å². The first-order valence-corrected chi connectivity index (χ1v) is 15.4. The van der Waals surface area contributed by atoms with E-state index in [1.54, 1.807) is 7.11 Å². The normalized spacial score (nSPS) is 17.5. The molecular weight excluding hydrogens is 581 g/mol. The fraction of sp³-hybridized carbons (Fsp3) is 0.333. The molecule has 202 valence electrons. The van der Waals surface area contributed by atoms with Gasteiger partial charge in [0, 0.05) is 0 Å². The van der Waals surface area contributed by atoms with E-state index in [1.807, 2.05) is 53.4 Å². The molecule has 2 amide bonds. The summed E-state index contributed by atoms with van der Waals surface area (Å²) >= 11 is 6.31. The van der Waals surface area contributed by atoms with E-state index in [-0.39, 0.29) is 32.2 Å². The van der Waals surface area contributed by atoms with Gasteiger partial charge in [-0.1, -0.05) is 0 Å². The SMILES string of the molecule is COc1ccc2ccc3c(c2c1)[C@H](CCl)CN3C(=O)c1cc2cc(NC(=O)CCN3CCOCC3)ccc2[se]1. The first kappa shape index (κ1) is 26.4. The molecule has 3 heterocycles. The molecule has 1 N–H and O–H groups in total. The first-order chi connectivity index (χ1) is 19.0. The standard InChI is InChI=1S/C30H30ClN3O4Se/c1-37-23-5-2-19-3-6-25-29(24(19)16-23)21(17-31)18-34(25)30(36)27-15-20-14-22(4-7-26(20)39-27)32-28(35)8-9-33-10-12-38-13-11-33/h2-7,14-16,21H,8-13,17-18H2,1H3,(H,32,35)/t21-/m1/s1. The van der Waals surface area contributed by atoms with Crippen molar-refractivity contribution in [3.05, 3.63) is 64.6 Å². The van der Waals surface area contributed by atoms with E-state index in [0.717, 1.165) is 80.4 Å². The van der Waals surface area contributed by atoms with E-state index in [0.29, 0.717) is 18.8 Å². The Hall–Kier alpha value is -2.87. The van der Waals surface area contributed by atoms with Crippen molar-refractivity contribution in [3.63, 3.8) is 0 Å². The summed E-state index contributed by atoms with van der Waals surface area (Å²) in [6.07, 6.45) is 0.442. The number of carbonyl (C=O) groups is 2. The quantitative estimate of drug-likeness (QED) is 0.243. The third kappa shape index (κ3) is 5.32. The van der Waals surface area contributed by atoms with E-state index in [1.165, 1.54) is 0 Å². The van der Waals surface area contributed by atoms with Crippen LogP contribution in [0.4, 0.5) is 11.4 Å². The minimum atomic E-state index is -0.107. The number of methoxy groups -OCH3 is 1. The van der Waals surface area contributed by atoms with Crippen molar-refractivity contribution >= 4 is 69.7 Å². The summed E-state index contributed by atoms with van der Waals surface area (Å²) in [5.41, 5.74) is 2.79. The number of amides is 2. The number of alkyl halides is 1. The number of ether oxygens (including phenoxy) is 2. The average Bonchev–Trinajstić information content (AvgIpc) is 3.57. The second-order valence-electron chi connectivity index (χ2n) is 9.97. The van der Waals surface area contributed by atoms with Crippen LogP contribution in [0.2, 0.25) is 0 Å². The summed E-state index contributed by atoms with van der Waals surface area (Å²) in [5.74, 6) is 1.30. The van der Waals surface area contributed by atoms with Crippen LogP contribution in [-0.4, -0.2) is 83.6 Å². The van der Waals surface area contributed by atoms with Crippen molar-refractivity contribution in [3.8, 4) is 5.75 Å². The zero-order valence-electron chi connectivity index (χ0n) is 21.7. The summed E-state index contributed by atoms with van der Waals surface area (Å²) in [6, 6.07) is 18.0. The molecule has 2 aliphatic rings. The van der Waals surface area contributed by atoms with Gasteiger partial charge in [0.1, 0.15) is 0 Å². The molecule has 0 unspecified atom stereocenters. The first-order valence-electron chi connectivity index (χ1n) is 13.2. The molecule has 6 rings (SSSR count). The van der Waals surface area contributed by atoms with Crippen molar-refractivity contribution in [2.24, 2.45) is 0 Å². The van der Waals surface area contributed by atoms with Crippen molar-refractivity contribution in [1.82, 2.24) is 4.90 Å². The van der Waals surface area contributed by atoms with Crippen LogP contribution >= 0.6 is 11.6 Å². The molecular formula is C30H30ClN3O4Se. The Morgan fingerprint density at radius 1 is 1.08 bits per heavy atom. The number of nitrogens with zero attached hydrogens (tertiary/aromatic N) is 2. The molecule has 1 fully saturated rings. The van der Waals surface area contributed by atoms with Gasteiger partial charge in [0.25, 0.3) is 0 Å². The number of hydrogen-bond donors (Lipinski definition) is 1. The van der Waals surface area contributed by atoms with Crippen molar-refractivity contribution < 1.29 is 19.1 Å². The number of carbonyl (C=O) groups excluding carboxylic acids is 2. The van der Waals surface area contributed by atoms with Gasteiger partial charge in [0.15, 0.2) is 0 Å². The molecule has 9 heteroatoms. The van der Waals surface area contributed by atoms with Crippen molar-refractivity contribution in [1.29, 1.82) is 0 Å². The van der Waals surface area contributed by atoms with Crippen LogP contribution in [0.25, 0.3) is 20.4 Å². The number of fused-ring (bicyclic) bond motifs is 4. The van der Waals surface area contributed by atoms with Crippen LogP contribution in [0.15, 0.2) is 54.6 Å². The molecule has 4 aromatic rings. The Kier molecular flexibility index (Phi) is 7.65. The van der Waals surface area contributed by atoms with Crippen LogP contribution in [-0.2, 0) is 9.53 Å². The third-order valence-corrected chi connectivity index (χ3v) is 10.2. The van der Waals surface area contributed by atoms with Crippen LogP contribution in [0.3, 0.4) is 0 Å². The van der Waals surface area contributed by atoms with E-state index in [9.17, 15) is 9.59 Å². The van der Waals surface area contributed by atoms with Gasteiger partial charge in [-0.3, -0.25) is 0 Å². The molecule has 0 bridgehead atoms. The minimum absolute atomic E-state index is 0.00474. The Morgan fingerprint density at radius 3 is 2.69 bits per heavy atom. The predicted octanol–water partition coefficient (Wildman–Crippen LogP) is 4.70. The van der Waals surface area contributed by atoms with Crippen LogP contribution < -0.4 is 15.0 Å². The molecule has 2 aliphatic heterocycles. The van der Waals surface area contributed by atoms with Gasteiger partial charge < -0.3 is 0 Å². The van der Waals surface area contributed by atoms with E-state index in [2.05, 4.69) is 16.3 Å². The maximum atomic E-state index is 13.8. The van der Waals surface area contributed by atoms with Crippen molar-refractivity contribution in [2.45, 2.75) is 12.3 Å². The van der Waals surface area contributed by atoms with E-state index < -0.39 is 0 Å². The molecule has 1 aromatic heterocycles. The fourth-order valence-corrected chi connectivity index (χ4v) is 7.83. The number of morpholine rings is 1. The van der Waals surface area contributed by atoms with Crippen molar-refractivity contribution in [2.75, 3.05) is 62.6 Å². The summed E-state index contributed by atoms with van der Waals surface area (Å²) in [6.45, 7) is 4.47. The van der Waals surface area contributed by atoms with E-state index in [4.69, 9.17) is 21.1 Å². The van der Waals surface area contributed by atoms with Gasteiger partial charge in [-0.05, 0) is 0 Å². The second-order valence-corrected chi connectivity index (χ2v) is 12.6. The molecule has 3 aromatic carbocycles. The molecule has 0 aliphatic carbocycles. The molecule has 0 spiro atoms. The number of halogens is 1. The number of rotatable bonds is 7. The fourth-order valence-electron chi connectivity index (χ4n) is 5.50. The Balaban J connectivity index is 1.21. The van der Waals surface area contributed by atoms with E-state index >= 15 is 0 Å². The van der Waals surface area contributed by atoms with Crippen LogP contribution in [0, 0.1) is 0 Å². The number of benzene rings is 3. The number of hydrogen-bond acceptors (Lipinski definition) is 5. The van der Waals surface area contributed by atoms with Gasteiger partial charge in [-0.15, -0.1) is 0 Å². The van der Waals surface area contributed by atoms with Crippen LogP contribution in [0.5, 0.6) is 5.75 Å². The molecule has 0 saturated carbocycles. The second kappa shape index (κ2) is 11.3. The monoisotopic (exact) mass is 611 g/mol. The predicted molar refractivity (Wildman–Crippen MR) is 157 cm³/mol. The average molecular weight is 611 g/mol. The van der Waals surface area contributed by atoms with Gasteiger partial charge in [-0.25, -0.2) is 0 Å². The molecule has 0 radical (unpaired) electrons. The Labute approximate surface area is 238 Å². The molecule has 1 saturated heterocycles. The third-order valence-electron chi connectivity index (χ3n) is 7.55. The topological polar surface area (TPSA) is 71.1 Å². The summed E-state index contributed by atoms with van der Waals surface area (Å²) in [7, 11) is 1.66. The maximum absolute atomic E-state index is 13.8. The molecule has 7 nitrogen and oxygen atoms in total. The molecule has 1 atom stereocenters. The zero-order valence-corrected chi connectivity index (χ0v) is 24.2. The van der Waals surface area contributed by atoms with Gasteiger partial charge in [0.05, 0.1) is 0 Å². The van der Waals surface area contributed by atoms with Crippen LogP contribution in [0.1, 0.15) is 27.1 Å². The number of nitrogens with one attached hydrogen (secondary N) is 1.